The van der Waals surface area contributed by atoms with Crippen molar-refractivity contribution < 1.29 is 28.7 Å². The zero-order valence-electron chi connectivity index (χ0n) is 49.5. The molecule has 2 rings (SSSR count). The second kappa shape index (κ2) is 36.1. The van der Waals surface area contributed by atoms with Crippen molar-refractivity contribution in [3.63, 3.8) is 0 Å². The highest BCUT2D eigenvalue weighted by molar-refractivity contribution is 5.96. The van der Waals surface area contributed by atoms with Crippen molar-refractivity contribution in [1.29, 1.82) is 0 Å². The molecular weight excluding hydrogens is 913 g/mol. The van der Waals surface area contributed by atoms with E-state index in [0.717, 1.165) is 48.0 Å². The van der Waals surface area contributed by atoms with Crippen LogP contribution >= 0.6 is 0 Å². The molecule has 0 radical (unpaired) electrons. The van der Waals surface area contributed by atoms with E-state index < -0.39 is 16.2 Å². The molecule has 74 heavy (non-hydrogen) atoms. The molecule has 0 spiro atoms. The summed E-state index contributed by atoms with van der Waals surface area (Å²) < 4.78 is 12.0. The SMILES string of the molecule is CCCCCCCCCCCCCC(=O)O[C@H]1CC(C)(C)[C@](C)(C(=O)/C=C/C(C)=C/C=C/C(C)=C/C=C/C=C(C)/C=C/C=C(C)/C=C/C(=O)[C@]2(C)CC[C@H](OC(=O)CCCCCCCCCCCCC)C2(C)C)C1. The molecule has 416 valence electrons. The van der Waals surface area contributed by atoms with Gasteiger partial charge in [0.05, 0.1) is 0 Å². The molecular formula is C68H108O6. The Labute approximate surface area is 454 Å². The summed E-state index contributed by atoms with van der Waals surface area (Å²) in [5, 5.41) is 0. The van der Waals surface area contributed by atoms with Crippen molar-refractivity contribution in [2.24, 2.45) is 21.7 Å². The van der Waals surface area contributed by atoms with Crippen molar-refractivity contribution in [3.05, 3.63) is 107 Å². The quantitative estimate of drug-likeness (QED) is 0.0265. The number of hydrogen-bond donors (Lipinski definition) is 0. The predicted molar refractivity (Wildman–Crippen MR) is 315 cm³/mol. The summed E-state index contributed by atoms with van der Waals surface area (Å²) in [7, 11) is 0. The van der Waals surface area contributed by atoms with Crippen molar-refractivity contribution >= 4 is 23.5 Å². The standard InChI is InChI=1S/C68H108O6/c1-13-15-17-19-21-23-25-27-29-31-33-45-63(71)73-59-53-65(7,8)68(12,54-59)61(70)50-48-58(6)44-38-42-56(4)40-36-35-39-55(3)41-37-43-57(5)47-49-60(69)67(11)52-51-62(66(67,9)10)74-64(72)46-34-32-30-28-26-24-22-20-18-16-14-2/h35-44,47-50,59,62H,13-34,45-46,51-54H2,1-12H3/b36-35+,41-37+,42-38+,49-47+,50-48+,55-39+,56-40+,57-43+,58-44+/t59-,62-,67-,68-/m0/s1. The lowest BCUT2D eigenvalue weighted by Crippen LogP contribution is -2.43. The van der Waals surface area contributed by atoms with Crippen LogP contribution in [0.4, 0.5) is 0 Å². The maximum absolute atomic E-state index is 13.7. The van der Waals surface area contributed by atoms with Crippen LogP contribution in [0, 0.1) is 21.7 Å². The van der Waals surface area contributed by atoms with Gasteiger partial charge in [0.1, 0.15) is 12.2 Å². The summed E-state index contributed by atoms with van der Waals surface area (Å²) in [4.78, 5) is 52.9. The van der Waals surface area contributed by atoms with Gasteiger partial charge < -0.3 is 9.47 Å². The first kappa shape index (κ1) is 66.1. The Bertz CT molecular complexity index is 1910. The Hall–Kier alpha value is -4.06. The molecule has 0 N–H and O–H groups in total. The van der Waals surface area contributed by atoms with Gasteiger partial charge >= 0.3 is 11.9 Å². The topological polar surface area (TPSA) is 86.7 Å². The number of carbonyl (C=O) groups is 4. The molecule has 2 fully saturated rings. The van der Waals surface area contributed by atoms with Gasteiger partial charge in [-0.2, -0.15) is 0 Å². The van der Waals surface area contributed by atoms with Crippen molar-refractivity contribution in [2.45, 2.75) is 275 Å². The molecule has 6 heteroatoms. The van der Waals surface area contributed by atoms with Crippen LogP contribution in [0.2, 0.25) is 0 Å². The zero-order chi connectivity index (χ0) is 54.9. The van der Waals surface area contributed by atoms with Crippen LogP contribution in [0.15, 0.2) is 107 Å². The summed E-state index contributed by atoms with van der Waals surface area (Å²) >= 11 is 0. The third kappa shape index (κ3) is 24.7. The number of rotatable bonds is 38. The van der Waals surface area contributed by atoms with E-state index >= 15 is 0 Å². The molecule has 2 saturated carbocycles. The average Bonchev–Trinajstić information content (AvgIpc) is 3.73. The minimum atomic E-state index is -0.604. The van der Waals surface area contributed by atoms with Crippen molar-refractivity contribution in [1.82, 2.24) is 0 Å². The lowest BCUT2D eigenvalue weighted by molar-refractivity contribution is -0.158. The molecule has 2 aliphatic carbocycles. The van der Waals surface area contributed by atoms with Crippen LogP contribution in [0.5, 0.6) is 0 Å². The van der Waals surface area contributed by atoms with Crippen molar-refractivity contribution in [3.8, 4) is 0 Å². The van der Waals surface area contributed by atoms with E-state index in [0.29, 0.717) is 38.5 Å². The van der Waals surface area contributed by atoms with Gasteiger partial charge in [-0.3, -0.25) is 19.2 Å². The van der Waals surface area contributed by atoms with Gasteiger partial charge in [-0.25, -0.2) is 0 Å². The largest absolute Gasteiger partial charge is 0.462 e. The van der Waals surface area contributed by atoms with Crippen LogP contribution in [0.1, 0.15) is 263 Å². The van der Waals surface area contributed by atoms with E-state index in [-0.39, 0.29) is 41.1 Å². The fourth-order valence-corrected chi connectivity index (χ4v) is 10.7. The monoisotopic (exact) mass is 1020 g/mol. The number of ketones is 2. The first-order valence-corrected chi connectivity index (χ1v) is 29.8. The summed E-state index contributed by atoms with van der Waals surface area (Å²) in [6, 6.07) is 0. The molecule has 4 atom stereocenters. The van der Waals surface area contributed by atoms with Crippen molar-refractivity contribution in [2.75, 3.05) is 0 Å². The molecule has 0 aromatic carbocycles. The molecule has 0 saturated heterocycles. The second-order valence-corrected chi connectivity index (χ2v) is 24.0. The highest BCUT2D eigenvalue weighted by Crippen LogP contribution is 2.55. The highest BCUT2D eigenvalue weighted by atomic mass is 16.5. The number of unbranched alkanes of at least 4 members (excludes halogenated alkanes) is 20. The van der Waals surface area contributed by atoms with Crippen LogP contribution in [-0.2, 0) is 28.7 Å². The number of carbonyl (C=O) groups excluding carboxylic acids is 4. The average molecular weight is 1020 g/mol. The number of esters is 2. The maximum Gasteiger partial charge on any atom is 0.306 e. The fraction of sp³-hybridized carbons (Fsp3) is 0.676. The normalized spacial score (nSPS) is 22.6. The van der Waals surface area contributed by atoms with Gasteiger partial charge in [0.15, 0.2) is 11.6 Å². The Kier molecular flexibility index (Phi) is 32.2. The molecule has 0 heterocycles. The first-order chi connectivity index (χ1) is 35.2. The lowest BCUT2D eigenvalue weighted by atomic mass is 9.66. The highest BCUT2D eigenvalue weighted by Gasteiger charge is 2.57. The molecule has 6 nitrogen and oxygen atoms in total. The fourth-order valence-electron chi connectivity index (χ4n) is 10.7. The molecule has 2 aliphatic rings. The van der Waals surface area contributed by atoms with Gasteiger partial charge in [-0.05, 0) is 83.8 Å². The summed E-state index contributed by atoms with van der Waals surface area (Å²) in [5.74, 6) is -0.0976. The number of allylic oxidation sites excluding steroid dienone is 18. The van der Waals surface area contributed by atoms with Crippen LogP contribution in [0.3, 0.4) is 0 Å². The molecule has 0 aliphatic heterocycles. The molecule has 0 bridgehead atoms. The third-order valence-electron chi connectivity index (χ3n) is 16.9. The van der Waals surface area contributed by atoms with Gasteiger partial charge in [0, 0.05) is 29.1 Å². The number of hydrogen-bond acceptors (Lipinski definition) is 6. The van der Waals surface area contributed by atoms with Gasteiger partial charge in [0.25, 0.3) is 0 Å². The Morgan fingerprint density at radius 2 is 0.770 bits per heavy atom. The van der Waals surface area contributed by atoms with E-state index in [2.05, 4.69) is 67.5 Å². The smallest absolute Gasteiger partial charge is 0.306 e. The van der Waals surface area contributed by atoms with E-state index in [1.54, 1.807) is 12.2 Å². The van der Waals surface area contributed by atoms with Crippen LogP contribution in [0.25, 0.3) is 0 Å². The summed E-state index contributed by atoms with van der Waals surface area (Å²) in [6.07, 6.45) is 58.0. The van der Waals surface area contributed by atoms with E-state index in [9.17, 15) is 19.2 Å². The lowest BCUT2D eigenvalue weighted by Gasteiger charge is -2.39. The molecule has 0 aromatic heterocycles. The maximum atomic E-state index is 13.7. The Morgan fingerprint density at radius 1 is 0.419 bits per heavy atom. The van der Waals surface area contributed by atoms with E-state index in [1.165, 1.54) is 116 Å². The zero-order valence-corrected chi connectivity index (χ0v) is 49.5. The minimum absolute atomic E-state index is 0.0793. The molecule has 0 aromatic rings. The minimum Gasteiger partial charge on any atom is -0.462 e. The van der Waals surface area contributed by atoms with Gasteiger partial charge in [-0.15, -0.1) is 0 Å². The Morgan fingerprint density at radius 3 is 1.19 bits per heavy atom. The third-order valence-corrected chi connectivity index (χ3v) is 16.9. The van der Waals surface area contributed by atoms with Crippen LogP contribution in [-0.4, -0.2) is 35.7 Å². The Balaban J connectivity index is 1.76. The second-order valence-electron chi connectivity index (χ2n) is 24.0. The molecule has 0 unspecified atom stereocenters. The number of ether oxygens (including phenoxy) is 2. The summed E-state index contributed by atoms with van der Waals surface area (Å²) in [5.41, 5.74) is 2.20. The molecule has 0 amide bonds. The predicted octanol–water partition coefficient (Wildman–Crippen LogP) is 19.6. The first-order valence-electron chi connectivity index (χ1n) is 29.8. The van der Waals surface area contributed by atoms with Gasteiger partial charge in [0.2, 0.25) is 0 Å². The van der Waals surface area contributed by atoms with E-state index in [1.807, 2.05) is 88.5 Å². The van der Waals surface area contributed by atoms with Gasteiger partial charge in [-0.1, -0.05) is 279 Å². The van der Waals surface area contributed by atoms with E-state index in [4.69, 9.17) is 9.47 Å². The summed E-state index contributed by atoms with van der Waals surface area (Å²) in [6.45, 7) is 25.1. The van der Waals surface area contributed by atoms with Crippen LogP contribution < -0.4 is 0 Å².